The largest absolute Gasteiger partial charge is 0.504 e. The highest BCUT2D eigenvalue weighted by Crippen LogP contribution is 2.33. The van der Waals surface area contributed by atoms with Crippen molar-refractivity contribution in [3.05, 3.63) is 41.2 Å². The molecule has 0 amide bonds. The molecular formula is C14H18ClN3O2. The number of phenols is 1. The smallest absolute Gasteiger partial charge is 0.162 e. The Kier molecular flexibility index (Phi) is 4.87. The maximum Gasteiger partial charge on any atom is 0.162 e. The molecule has 1 unspecified atom stereocenters. The number of aromatic hydroxyl groups is 1. The normalized spacial score (nSPS) is 12.3. The Morgan fingerprint density at radius 2 is 2.30 bits per heavy atom. The summed E-state index contributed by atoms with van der Waals surface area (Å²) in [4.78, 5) is 0. The van der Waals surface area contributed by atoms with Crippen LogP contribution in [-0.2, 0) is 13.1 Å². The number of nitrogens with one attached hydrogen (secondary N) is 1. The molecule has 1 aromatic heterocycles. The SMILES string of the molecule is COc1cc(Cl)cc(CNC(C)Cn2cccn2)c1O. The van der Waals surface area contributed by atoms with E-state index in [1.165, 1.54) is 7.11 Å². The van der Waals surface area contributed by atoms with Gasteiger partial charge in [0.05, 0.1) is 13.7 Å². The van der Waals surface area contributed by atoms with E-state index in [1.807, 2.05) is 16.9 Å². The van der Waals surface area contributed by atoms with Gasteiger partial charge in [0.2, 0.25) is 0 Å². The van der Waals surface area contributed by atoms with Crippen LogP contribution in [0.15, 0.2) is 30.6 Å². The molecular weight excluding hydrogens is 278 g/mol. The molecule has 0 saturated heterocycles. The molecule has 6 heteroatoms. The van der Waals surface area contributed by atoms with Gasteiger partial charge in [-0.3, -0.25) is 4.68 Å². The number of nitrogens with zero attached hydrogens (tertiary/aromatic N) is 2. The quantitative estimate of drug-likeness (QED) is 0.859. The van der Waals surface area contributed by atoms with Crippen molar-refractivity contribution >= 4 is 11.6 Å². The van der Waals surface area contributed by atoms with Gasteiger partial charge in [0.25, 0.3) is 0 Å². The predicted molar refractivity (Wildman–Crippen MR) is 78.2 cm³/mol. The van der Waals surface area contributed by atoms with Crippen molar-refractivity contribution in [2.45, 2.75) is 26.1 Å². The van der Waals surface area contributed by atoms with Crippen LogP contribution in [0.5, 0.6) is 11.5 Å². The molecule has 108 valence electrons. The Morgan fingerprint density at radius 3 is 2.95 bits per heavy atom. The Morgan fingerprint density at radius 1 is 1.50 bits per heavy atom. The molecule has 1 aromatic carbocycles. The molecule has 0 aliphatic heterocycles. The summed E-state index contributed by atoms with van der Waals surface area (Å²) in [6.45, 7) is 3.32. The van der Waals surface area contributed by atoms with Crippen molar-refractivity contribution in [2.24, 2.45) is 0 Å². The first-order valence-electron chi connectivity index (χ1n) is 6.36. The zero-order chi connectivity index (χ0) is 14.5. The van der Waals surface area contributed by atoms with Crippen LogP contribution in [0.25, 0.3) is 0 Å². The van der Waals surface area contributed by atoms with E-state index in [-0.39, 0.29) is 11.8 Å². The van der Waals surface area contributed by atoms with Gasteiger partial charge in [0.15, 0.2) is 11.5 Å². The Bertz CT molecular complexity index is 558. The van der Waals surface area contributed by atoms with Gasteiger partial charge in [0.1, 0.15) is 0 Å². The summed E-state index contributed by atoms with van der Waals surface area (Å²) in [6.07, 6.45) is 3.67. The van der Waals surface area contributed by atoms with Gasteiger partial charge < -0.3 is 15.2 Å². The molecule has 5 nitrogen and oxygen atoms in total. The van der Waals surface area contributed by atoms with E-state index in [0.717, 1.165) is 6.54 Å². The lowest BCUT2D eigenvalue weighted by Crippen LogP contribution is -2.30. The fraction of sp³-hybridized carbons (Fsp3) is 0.357. The minimum absolute atomic E-state index is 0.121. The summed E-state index contributed by atoms with van der Waals surface area (Å²) in [5.74, 6) is 0.504. The Balaban J connectivity index is 1.98. The van der Waals surface area contributed by atoms with Crippen molar-refractivity contribution < 1.29 is 9.84 Å². The van der Waals surface area contributed by atoms with E-state index in [9.17, 15) is 5.11 Å². The van der Waals surface area contributed by atoms with Gasteiger partial charge in [-0.2, -0.15) is 5.10 Å². The maximum atomic E-state index is 10.0. The van der Waals surface area contributed by atoms with Crippen molar-refractivity contribution in [1.82, 2.24) is 15.1 Å². The second kappa shape index (κ2) is 6.63. The summed E-state index contributed by atoms with van der Waals surface area (Å²) >= 11 is 6.00. The van der Waals surface area contributed by atoms with Gasteiger partial charge >= 0.3 is 0 Å². The first-order chi connectivity index (χ1) is 9.60. The van der Waals surface area contributed by atoms with Crippen molar-refractivity contribution in [2.75, 3.05) is 7.11 Å². The van der Waals surface area contributed by atoms with E-state index in [4.69, 9.17) is 16.3 Å². The molecule has 0 spiro atoms. The first kappa shape index (κ1) is 14.7. The van der Waals surface area contributed by atoms with Crippen LogP contribution in [0.4, 0.5) is 0 Å². The highest BCUT2D eigenvalue weighted by Gasteiger charge is 2.11. The Hall–Kier alpha value is -1.72. The fourth-order valence-electron chi connectivity index (χ4n) is 1.96. The van der Waals surface area contributed by atoms with Gasteiger partial charge in [-0.25, -0.2) is 0 Å². The third-order valence-corrected chi connectivity index (χ3v) is 3.22. The van der Waals surface area contributed by atoms with Gasteiger partial charge in [0, 0.05) is 41.6 Å². The third kappa shape index (κ3) is 3.65. The van der Waals surface area contributed by atoms with Crippen LogP contribution in [0.3, 0.4) is 0 Å². The average molecular weight is 296 g/mol. The highest BCUT2D eigenvalue weighted by atomic mass is 35.5. The van der Waals surface area contributed by atoms with Crippen LogP contribution < -0.4 is 10.1 Å². The van der Waals surface area contributed by atoms with E-state index in [2.05, 4.69) is 17.3 Å². The molecule has 20 heavy (non-hydrogen) atoms. The second-order valence-electron chi connectivity index (χ2n) is 4.63. The van der Waals surface area contributed by atoms with Gasteiger partial charge in [-0.05, 0) is 19.1 Å². The van der Waals surface area contributed by atoms with E-state index in [0.29, 0.717) is 22.9 Å². The molecule has 0 bridgehead atoms. The summed E-state index contributed by atoms with van der Waals surface area (Å²) in [5, 5.41) is 18.1. The zero-order valence-electron chi connectivity index (χ0n) is 11.5. The lowest BCUT2D eigenvalue weighted by molar-refractivity contribution is 0.367. The minimum atomic E-state index is 0.121. The van der Waals surface area contributed by atoms with Crippen LogP contribution >= 0.6 is 11.6 Å². The summed E-state index contributed by atoms with van der Waals surface area (Å²) in [5.41, 5.74) is 0.710. The average Bonchev–Trinajstić information content (AvgIpc) is 2.92. The number of methoxy groups -OCH3 is 1. The molecule has 2 aromatic rings. The minimum Gasteiger partial charge on any atom is -0.504 e. The van der Waals surface area contributed by atoms with Crippen LogP contribution in [0.1, 0.15) is 12.5 Å². The molecule has 1 atom stereocenters. The standard InChI is InChI=1S/C14H18ClN3O2/c1-10(9-18-5-3-4-17-18)16-8-11-6-12(15)7-13(20-2)14(11)19/h3-7,10,16,19H,8-9H2,1-2H3. The van der Waals surface area contributed by atoms with Crippen molar-refractivity contribution in [1.29, 1.82) is 0 Å². The number of ether oxygens (including phenoxy) is 1. The lowest BCUT2D eigenvalue weighted by Gasteiger charge is -2.15. The van der Waals surface area contributed by atoms with E-state index in [1.54, 1.807) is 18.3 Å². The van der Waals surface area contributed by atoms with E-state index < -0.39 is 0 Å². The fourth-order valence-corrected chi connectivity index (χ4v) is 2.19. The molecule has 0 aliphatic rings. The van der Waals surface area contributed by atoms with Gasteiger partial charge in [-0.15, -0.1) is 0 Å². The topological polar surface area (TPSA) is 59.3 Å². The summed E-state index contributed by atoms with van der Waals surface area (Å²) < 4.78 is 6.94. The number of hydrogen-bond donors (Lipinski definition) is 2. The molecule has 0 saturated carbocycles. The predicted octanol–water partition coefficient (Wildman–Crippen LogP) is 2.43. The molecule has 0 fully saturated rings. The number of benzene rings is 1. The second-order valence-corrected chi connectivity index (χ2v) is 5.06. The van der Waals surface area contributed by atoms with E-state index >= 15 is 0 Å². The molecule has 0 aliphatic carbocycles. The summed E-state index contributed by atoms with van der Waals surface area (Å²) in [6, 6.07) is 5.42. The first-order valence-corrected chi connectivity index (χ1v) is 6.74. The van der Waals surface area contributed by atoms with Crippen molar-refractivity contribution in [3.63, 3.8) is 0 Å². The number of hydrogen-bond acceptors (Lipinski definition) is 4. The molecule has 1 heterocycles. The molecule has 2 N–H and O–H groups in total. The van der Waals surface area contributed by atoms with Crippen LogP contribution in [0, 0.1) is 0 Å². The number of rotatable bonds is 6. The maximum absolute atomic E-state index is 10.0. The number of aromatic nitrogens is 2. The lowest BCUT2D eigenvalue weighted by atomic mass is 10.1. The molecule has 0 radical (unpaired) electrons. The monoisotopic (exact) mass is 295 g/mol. The van der Waals surface area contributed by atoms with Gasteiger partial charge in [-0.1, -0.05) is 11.6 Å². The van der Waals surface area contributed by atoms with Crippen LogP contribution in [-0.4, -0.2) is 28.0 Å². The zero-order valence-corrected chi connectivity index (χ0v) is 12.3. The highest BCUT2D eigenvalue weighted by molar-refractivity contribution is 6.30. The number of halogens is 1. The van der Waals surface area contributed by atoms with Crippen LogP contribution in [0.2, 0.25) is 5.02 Å². The summed E-state index contributed by atoms with van der Waals surface area (Å²) in [7, 11) is 1.50. The third-order valence-electron chi connectivity index (χ3n) is 3.00. The number of phenolic OH excluding ortho intramolecular Hbond substituents is 1. The Labute approximate surface area is 123 Å². The molecule has 2 rings (SSSR count). The van der Waals surface area contributed by atoms with Crippen molar-refractivity contribution in [3.8, 4) is 11.5 Å².